The van der Waals surface area contributed by atoms with Gasteiger partial charge < -0.3 is 19.7 Å². The molecule has 0 radical (unpaired) electrons. The smallest absolute Gasteiger partial charge is 0.409 e. The van der Waals surface area contributed by atoms with Crippen LogP contribution in [0.2, 0.25) is 0 Å². The molecule has 1 fully saturated rings. The third-order valence-electron chi connectivity index (χ3n) is 4.55. The highest BCUT2D eigenvalue weighted by atomic mass is 16.5. The van der Waals surface area contributed by atoms with Gasteiger partial charge in [-0.2, -0.15) is 0 Å². The van der Waals surface area contributed by atoms with E-state index in [4.69, 9.17) is 9.47 Å². The molecule has 1 saturated heterocycles. The van der Waals surface area contributed by atoms with Gasteiger partial charge in [-0.1, -0.05) is 12.1 Å². The Kier molecular flexibility index (Phi) is 4.74. The number of para-hydroxylation sites is 1. The molecule has 3 rings (SSSR count). The van der Waals surface area contributed by atoms with Gasteiger partial charge in [0.25, 0.3) is 0 Å². The predicted molar refractivity (Wildman–Crippen MR) is 93.7 cm³/mol. The third-order valence-corrected chi connectivity index (χ3v) is 4.55. The average molecular weight is 329 g/mol. The number of carbonyl (C=O) groups excluding carboxylic acids is 1. The van der Waals surface area contributed by atoms with Crippen molar-refractivity contribution in [3.63, 3.8) is 0 Å². The summed E-state index contributed by atoms with van der Waals surface area (Å²) in [5.41, 5.74) is 3.06. The molecule has 0 unspecified atom stereocenters. The lowest BCUT2D eigenvalue weighted by Gasteiger charge is -2.32. The Balaban J connectivity index is 1.81. The first-order valence-corrected chi connectivity index (χ1v) is 8.15. The molecule has 0 saturated carbocycles. The second kappa shape index (κ2) is 6.95. The maximum atomic E-state index is 11.6. The van der Waals surface area contributed by atoms with Gasteiger partial charge in [0.05, 0.1) is 14.2 Å². The minimum Gasteiger partial charge on any atom is -0.494 e. The number of benzene rings is 1. The van der Waals surface area contributed by atoms with Gasteiger partial charge in [0.2, 0.25) is 0 Å². The SMILES string of the molecule is COC(=O)N1CCC(Nc2c(C)cnc3c(OC)cccc23)CC1. The topological polar surface area (TPSA) is 63.7 Å². The van der Waals surface area contributed by atoms with Crippen LogP contribution < -0.4 is 10.1 Å². The first kappa shape index (κ1) is 16.4. The summed E-state index contributed by atoms with van der Waals surface area (Å²) in [6, 6.07) is 6.28. The Hall–Kier alpha value is -2.50. The first-order valence-electron chi connectivity index (χ1n) is 8.15. The van der Waals surface area contributed by atoms with Crippen molar-refractivity contribution in [2.75, 3.05) is 32.6 Å². The second-order valence-corrected chi connectivity index (χ2v) is 6.05. The number of hydrogen-bond donors (Lipinski definition) is 1. The molecule has 0 spiro atoms. The standard InChI is InChI=1S/C18H23N3O3/c1-12-11-19-17-14(5-4-6-15(17)23-2)16(12)20-13-7-9-21(10-8-13)18(22)24-3/h4-6,11,13H,7-10H2,1-3H3,(H,19,20). The van der Waals surface area contributed by atoms with Crippen LogP contribution in [0, 0.1) is 6.92 Å². The Bertz CT molecular complexity index is 740. The molecule has 6 nitrogen and oxygen atoms in total. The summed E-state index contributed by atoms with van der Waals surface area (Å²) in [4.78, 5) is 17.9. The van der Waals surface area contributed by atoms with Gasteiger partial charge in [0.15, 0.2) is 0 Å². The lowest BCUT2D eigenvalue weighted by Crippen LogP contribution is -2.42. The van der Waals surface area contributed by atoms with Crippen LogP contribution in [-0.2, 0) is 4.74 Å². The predicted octanol–water partition coefficient (Wildman–Crippen LogP) is 3.19. The zero-order valence-electron chi connectivity index (χ0n) is 14.3. The van der Waals surface area contributed by atoms with Gasteiger partial charge in [0, 0.05) is 36.4 Å². The van der Waals surface area contributed by atoms with Crippen LogP contribution in [0.5, 0.6) is 5.75 Å². The number of carbonyl (C=O) groups is 1. The molecule has 1 amide bonds. The first-order chi connectivity index (χ1) is 11.6. The van der Waals surface area contributed by atoms with Crippen LogP contribution in [0.1, 0.15) is 18.4 Å². The number of aromatic nitrogens is 1. The normalized spacial score (nSPS) is 15.4. The number of amides is 1. The summed E-state index contributed by atoms with van der Waals surface area (Å²) in [7, 11) is 3.08. The van der Waals surface area contributed by atoms with E-state index in [1.165, 1.54) is 7.11 Å². The number of fused-ring (bicyclic) bond motifs is 1. The van der Waals surface area contributed by atoms with Gasteiger partial charge in [-0.3, -0.25) is 4.98 Å². The fraction of sp³-hybridized carbons (Fsp3) is 0.444. The molecule has 24 heavy (non-hydrogen) atoms. The van der Waals surface area contributed by atoms with Crippen LogP contribution in [-0.4, -0.2) is 49.3 Å². The molecule has 0 bridgehead atoms. The second-order valence-electron chi connectivity index (χ2n) is 6.05. The van der Waals surface area contributed by atoms with E-state index in [0.29, 0.717) is 19.1 Å². The fourth-order valence-electron chi connectivity index (χ4n) is 3.19. The molecule has 1 N–H and O–H groups in total. The van der Waals surface area contributed by atoms with E-state index >= 15 is 0 Å². The zero-order chi connectivity index (χ0) is 17.1. The molecule has 1 aliphatic rings. The number of aryl methyl sites for hydroxylation is 1. The number of ether oxygens (including phenoxy) is 2. The number of piperidine rings is 1. The van der Waals surface area contributed by atoms with Crippen molar-refractivity contribution in [1.82, 2.24) is 9.88 Å². The number of nitrogens with one attached hydrogen (secondary N) is 1. The van der Waals surface area contributed by atoms with Gasteiger partial charge >= 0.3 is 6.09 Å². The molecular weight excluding hydrogens is 306 g/mol. The van der Waals surface area contributed by atoms with Gasteiger partial charge in [-0.25, -0.2) is 4.79 Å². The van der Waals surface area contributed by atoms with Crippen molar-refractivity contribution in [3.05, 3.63) is 30.0 Å². The average Bonchev–Trinajstić information content (AvgIpc) is 2.63. The number of nitrogens with zero attached hydrogens (tertiary/aromatic N) is 2. The number of hydrogen-bond acceptors (Lipinski definition) is 5. The number of likely N-dealkylation sites (tertiary alicyclic amines) is 1. The van der Waals surface area contributed by atoms with Gasteiger partial charge in [-0.05, 0) is 31.4 Å². The molecular formula is C18H23N3O3. The molecule has 1 aromatic carbocycles. The summed E-state index contributed by atoms with van der Waals surface area (Å²) in [6.07, 6.45) is 3.41. The van der Waals surface area contributed by atoms with E-state index in [1.807, 2.05) is 18.3 Å². The number of methoxy groups -OCH3 is 2. The highest BCUT2D eigenvalue weighted by Gasteiger charge is 2.24. The minimum atomic E-state index is -0.247. The van der Waals surface area contributed by atoms with Crippen LogP contribution in [0.25, 0.3) is 10.9 Å². The highest BCUT2D eigenvalue weighted by Crippen LogP contribution is 2.32. The highest BCUT2D eigenvalue weighted by molar-refractivity contribution is 5.96. The van der Waals surface area contributed by atoms with Crippen molar-refractivity contribution in [2.24, 2.45) is 0 Å². The summed E-state index contributed by atoms with van der Waals surface area (Å²) in [6.45, 7) is 3.46. The lowest BCUT2D eigenvalue weighted by molar-refractivity contribution is 0.113. The molecule has 0 atom stereocenters. The largest absolute Gasteiger partial charge is 0.494 e. The molecule has 128 valence electrons. The van der Waals surface area contributed by atoms with E-state index < -0.39 is 0 Å². The summed E-state index contributed by atoms with van der Waals surface area (Å²) in [5, 5.41) is 4.71. The number of anilines is 1. The third kappa shape index (κ3) is 3.09. The lowest BCUT2D eigenvalue weighted by atomic mass is 10.0. The fourth-order valence-corrected chi connectivity index (χ4v) is 3.19. The molecule has 6 heteroatoms. The van der Waals surface area contributed by atoms with Crippen LogP contribution >= 0.6 is 0 Å². The number of pyridine rings is 1. The van der Waals surface area contributed by atoms with Gasteiger partial charge in [-0.15, -0.1) is 0 Å². The van der Waals surface area contributed by atoms with E-state index in [2.05, 4.69) is 23.3 Å². The van der Waals surface area contributed by atoms with Crippen LogP contribution in [0.15, 0.2) is 24.4 Å². The summed E-state index contributed by atoms with van der Waals surface area (Å²) >= 11 is 0. The van der Waals surface area contributed by atoms with E-state index in [0.717, 1.165) is 40.7 Å². The zero-order valence-corrected chi connectivity index (χ0v) is 14.3. The van der Waals surface area contributed by atoms with Crippen molar-refractivity contribution < 1.29 is 14.3 Å². The van der Waals surface area contributed by atoms with E-state index in [1.54, 1.807) is 12.0 Å². The van der Waals surface area contributed by atoms with Crippen LogP contribution in [0.3, 0.4) is 0 Å². The quantitative estimate of drug-likeness (QED) is 0.937. The monoisotopic (exact) mass is 329 g/mol. The Morgan fingerprint density at radius 3 is 2.71 bits per heavy atom. The summed E-state index contributed by atoms with van der Waals surface area (Å²) in [5.74, 6) is 0.774. The Morgan fingerprint density at radius 1 is 1.29 bits per heavy atom. The molecule has 1 aromatic heterocycles. The molecule has 0 aliphatic carbocycles. The van der Waals surface area contributed by atoms with Crippen molar-refractivity contribution >= 4 is 22.7 Å². The van der Waals surface area contributed by atoms with E-state index in [-0.39, 0.29) is 6.09 Å². The van der Waals surface area contributed by atoms with Crippen molar-refractivity contribution in [2.45, 2.75) is 25.8 Å². The molecule has 2 aromatic rings. The van der Waals surface area contributed by atoms with E-state index in [9.17, 15) is 4.79 Å². The molecule has 2 heterocycles. The van der Waals surface area contributed by atoms with Crippen molar-refractivity contribution in [1.29, 1.82) is 0 Å². The Labute approximate surface area is 141 Å². The number of rotatable bonds is 3. The summed E-state index contributed by atoms with van der Waals surface area (Å²) < 4.78 is 10.2. The van der Waals surface area contributed by atoms with Gasteiger partial charge in [0.1, 0.15) is 11.3 Å². The van der Waals surface area contributed by atoms with Crippen LogP contribution in [0.4, 0.5) is 10.5 Å². The maximum Gasteiger partial charge on any atom is 0.409 e. The Morgan fingerprint density at radius 2 is 2.04 bits per heavy atom. The maximum absolute atomic E-state index is 11.6. The van der Waals surface area contributed by atoms with Crippen molar-refractivity contribution in [3.8, 4) is 5.75 Å². The minimum absolute atomic E-state index is 0.247. The molecule has 1 aliphatic heterocycles.